The molecule has 0 aliphatic heterocycles. The van der Waals surface area contributed by atoms with Gasteiger partial charge in [-0.15, -0.1) is 11.8 Å². The van der Waals surface area contributed by atoms with E-state index in [2.05, 4.69) is 53.3 Å². The number of benzene rings is 1. The van der Waals surface area contributed by atoms with Gasteiger partial charge in [0.15, 0.2) is 0 Å². The standard InChI is InChI=1S/C14H17NS2/c1-11-3-5-13(6-4-11)17-10-14(15-2)12-7-8-16-9-12/h3-9,14-15H,10H2,1-2H3. The number of hydrogen-bond acceptors (Lipinski definition) is 3. The summed E-state index contributed by atoms with van der Waals surface area (Å²) in [6.45, 7) is 2.12. The van der Waals surface area contributed by atoms with Crippen LogP contribution in [0.4, 0.5) is 0 Å². The van der Waals surface area contributed by atoms with E-state index in [0.717, 1.165) is 5.75 Å². The van der Waals surface area contributed by atoms with E-state index in [0.29, 0.717) is 6.04 Å². The molecule has 0 aliphatic carbocycles. The van der Waals surface area contributed by atoms with Crippen LogP contribution in [0, 0.1) is 6.92 Å². The topological polar surface area (TPSA) is 12.0 Å². The van der Waals surface area contributed by atoms with Crippen molar-refractivity contribution in [1.82, 2.24) is 5.32 Å². The zero-order valence-corrected chi connectivity index (χ0v) is 11.8. The molecule has 90 valence electrons. The molecule has 0 aliphatic rings. The molecule has 1 heterocycles. The van der Waals surface area contributed by atoms with Crippen molar-refractivity contribution in [2.75, 3.05) is 12.8 Å². The van der Waals surface area contributed by atoms with Gasteiger partial charge in [-0.25, -0.2) is 0 Å². The van der Waals surface area contributed by atoms with Crippen molar-refractivity contribution >= 4 is 23.1 Å². The summed E-state index contributed by atoms with van der Waals surface area (Å²) in [5, 5.41) is 7.73. The molecule has 1 unspecified atom stereocenters. The molecule has 0 amide bonds. The minimum absolute atomic E-state index is 0.438. The van der Waals surface area contributed by atoms with Crippen LogP contribution in [0.3, 0.4) is 0 Å². The lowest BCUT2D eigenvalue weighted by molar-refractivity contribution is 0.664. The Bertz CT molecular complexity index is 434. The van der Waals surface area contributed by atoms with E-state index in [1.54, 1.807) is 11.3 Å². The Morgan fingerprint density at radius 1 is 1.24 bits per heavy atom. The van der Waals surface area contributed by atoms with Gasteiger partial charge in [-0.05, 0) is 48.5 Å². The third-order valence-electron chi connectivity index (χ3n) is 2.73. The number of aryl methyl sites for hydroxylation is 1. The molecule has 1 aromatic carbocycles. The quantitative estimate of drug-likeness (QED) is 0.815. The largest absolute Gasteiger partial charge is 0.312 e. The van der Waals surface area contributed by atoms with Gasteiger partial charge in [0.05, 0.1) is 0 Å². The van der Waals surface area contributed by atoms with Crippen molar-refractivity contribution in [2.45, 2.75) is 17.9 Å². The molecule has 1 atom stereocenters. The zero-order valence-electron chi connectivity index (χ0n) is 10.1. The monoisotopic (exact) mass is 263 g/mol. The van der Waals surface area contributed by atoms with Gasteiger partial charge in [0.25, 0.3) is 0 Å². The molecule has 0 saturated heterocycles. The maximum atomic E-state index is 3.37. The molecule has 0 spiro atoms. The third kappa shape index (κ3) is 3.60. The Morgan fingerprint density at radius 3 is 2.59 bits per heavy atom. The average Bonchev–Trinajstić information content (AvgIpc) is 2.86. The number of thiophene rings is 1. The van der Waals surface area contributed by atoms with Crippen molar-refractivity contribution in [1.29, 1.82) is 0 Å². The van der Waals surface area contributed by atoms with Gasteiger partial charge in [0.2, 0.25) is 0 Å². The van der Waals surface area contributed by atoms with Crippen molar-refractivity contribution < 1.29 is 0 Å². The number of thioether (sulfide) groups is 1. The Labute approximate surface area is 111 Å². The van der Waals surface area contributed by atoms with E-state index in [9.17, 15) is 0 Å². The summed E-state index contributed by atoms with van der Waals surface area (Å²) >= 11 is 3.66. The van der Waals surface area contributed by atoms with Gasteiger partial charge in [0.1, 0.15) is 0 Å². The van der Waals surface area contributed by atoms with Crippen molar-refractivity contribution in [3.8, 4) is 0 Å². The molecule has 1 nitrogen and oxygen atoms in total. The first-order chi connectivity index (χ1) is 8.29. The molecule has 2 rings (SSSR count). The Balaban J connectivity index is 1.94. The van der Waals surface area contributed by atoms with Crippen molar-refractivity contribution in [3.05, 3.63) is 52.2 Å². The Kier molecular flexibility index (Phi) is 4.66. The number of rotatable bonds is 5. The Hall–Kier alpha value is -0.770. The SMILES string of the molecule is CNC(CSc1ccc(C)cc1)c1ccsc1. The average molecular weight is 263 g/mol. The summed E-state index contributed by atoms with van der Waals surface area (Å²) in [7, 11) is 2.03. The van der Waals surface area contributed by atoms with Gasteiger partial charge in [-0.2, -0.15) is 11.3 Å². The van der Waals surface area contributed by atoms with Crippen LogP contribution < -0.4 is 5.32 Å². The molecule has 1 N–H and O–H groups in total. The highest BCUT2D eigenvalue weighted by molar-refractivity contribution is 7.99. The summed E-state index contributed by atoms with van der Waals surface area (Å²) in [6, 6.07) is 11.4. The van der Waals surface area contributed by atoms with Crippen molar-refractivity contribution in [3.63, 3.8) is 0 Å². The van der Waals surface area contributed by atoms with Gasteiger partial charge in [-0.1, -0.05) is 17.7 Å². The molecule has 0 fully saturated rings. The number of nitrogens with one attached hydrogen (secondary N) is 1. The van der Waals surface area contributed by atoms with Crippen LogP contribution >= 0.6 is 23.1 Å². The van der Waals surface area contributed by atoms with E-state index in [1.165, 1.54) is 16.0 Å². The molecular formula is C14H17NS2. The predicted octanol–water partition coefficient (Wildman–Crippen LogP) is 4.11. The van der Waals surface area contributed by atoms with Gasteiger partial charge >= 0.3 is 0 Å². The highest BCUT2D eigenvalue weighted by atomic mass is 32.2. The fraction of sp³-hybridized carbons (Fsp3) is 0.286. The smallest absolute Gasteiger partial charge is 0.0421 e. The summed E-state index contributed by atoms with van der Waals surface area (Å²) in [6.07, 6.45) is 0. The summed E-state index contributed by atoms with van der Waals surface area (Å²) in [4.78, 5) is 1.34. The molecule has 17 heavy (non-hydrogen) atoms. The molecule has 2 aromatic rings. The van der Waals surface area contributed by atoms with E-state index >= 15 is 0 Å². The minimum atomic E-state index is 0.438. The second kappa shape index (κ2) is 6.24. The highest BCUT2D eigenvalue weighted by Crippen LogP contribution is 2.25. The summed E-state index contributed by atoms with van der Waals surface area (Å²) in [5.41, 5.74) is 2.70. The van der Waals surface area contributed by atoms with E-state index in [4.69, 9.17) is 0 Å². The molecule has 0 radical (unpaired) electrons. The minimum Gasteiger partial charge on any atom is -0.312 e. The first-order valence-corrected chi connectivity index (χ1v) is 7.61. The first-order valence-electron chi connectivity index (χ1n) is 5.68. The lowest BCUT2D eigenvalue weighted by Gasteiger charge is -2.14. The van der Waals surface area contributed by atoms with Gasteiger partial charge < -0.3 is 5.32 Å². The lowest BCUT2D eigenvalue weighted by atomic mass is 10.2. The van der Waals surface area contributed by atoms with E-state index in [1.807, 2.05) is 18.8 Å². The van der Waals surface area contributed by atoms with Crippen LogP contribution in [0.15, 0.2) is 46.0 Å². The van der Waals surface area contributed by atoms with Gasteiger partial charge in [-0.3, -0.25) is 0 Å². The normalized spacial score (nSPS) is 12.6. The van der Waals surface area contributed by atoms with Crippen LogP contribution in [-0.4, -0.2) is 12.8 Å². The number of hydrogen-bond donors (Lipinski definition) is 1. The fourth-order valence-corrected chi connectivity index (χ4v) is 3.39. The molecule has 0 saturated carbocycles. The second-order valence-electron chi connectivity index (χ2n) is 4.02. The maximum Gasteiger partial charge on any atom is 0.0421 e. The van der Waals surface area contributed by atoms with Crippen LogP contribution in [0.1, 0.15) is 17.2 Å². The molecule has 0 bridgehead atoms. The van der Waals surface area contributed by atoms with Crippen LogP contribution in [-0.2, 0) is 0 Å². The third-order valence-corrected chi connectivity index (χ3v) is 4.54. The van der Waals surface area contributed by atoms with Crippen LogP contribution in [0.25, 0.3) is 0 Å². The second-order valence-corrected chi connectivity index (χ2v) is 5.90. The summed E-state index contributed by atoms with van der Waals surface area (Å²) < 4.78 is 0. The molecular weight excluding hydrogens is 246 g/mol. The summed E-state index contributed by atoms with van der Waals surface area (Å²) in [5.74, 6) is 1.07. The van der Waals surface area contributed by atoms with E-state index in [-0.39, 0.29) is 0 Å². The maximum absolute atomic E-state index is 3.37. The Morgan fingerprint density at radius 2 is 2.00 bits per heavy atom. The van der Waals surface area contributed by atoms with Gasteiger partial charge in [0, 0.05) is 16.7 Å². The fourth-order valence-electron chi connectivity index (χ4n) is 1.63. The lowest BCUT2D eigenvalue weighted by Crippen LogP contribution is -2.17. The first kappa shape index (κ1) is 12.7. The predicted molar refractivity (Wildman–Crippen MR) is 78.0 cm³/mol. The van der Waals surface area contributed by atoms with Crippen LogP contribution in [0.2, 0.25) is 0 Å². The highest BCUT2D eigenvalue weighted by Gasteiger charge is 2.09. The molecule has 3 heteroatoms. The zero-order chi connectivity index (χ0) is 12.1. The van der Waals surface area contributed by atoms with Crippen molar-refractivity contribution in [2.24, 2.45) is 0 Å². The van der Waals surface area contributed by atoms with Crippen LogP contribution in [0.5, 0.6) is 0 Å². The molecule has 1 aromatic heterocycles. The van der Waals surface area contributed by atoms with E-state index < -0.39 is 0 Å².